The highest BCUT2D eigenvalue weighted by atomic mass is 14.9. The Morgan fingerprint density at radius 2 is 1.54 bits per heavy atom. The molecule has 4 nitrogen and oxygen atoms in total. The Kier molecular flexibility index (Phi) is 6.73. The standard InChI is InChI=1S/C31H32N4/c1-21-8-15-27-28-19-25(20-34-30(28)31(32)35-29(27)18-21)10-9-24-11-13-26(14-12-24)22(2)33-17-16-23-6-4-3-5-7-23/h3-8,11-15,18-20,22,33H,9-10,16-17H2,1-2H3,(H2,32,35). The summed E-state index contributed by atoms with van der Waals surface area (Å²) in [5.41, 5.74) is 14.3. The van der Waals surface area contributed by atoms with Gasteiger partial charge in [-0.2, -0.15) is 0 Å². The monoisotopic (exact) mass is 460 g/mol. The molecule has 3 aromatic carbocycles. The molecule has 0 saturated heterocycles. The maximum Gasteiger partial charge on any atom is 0.150 e. The van der Waals surface area contributed by atoms with E-state index in [1.807, 2.05) is 6.20 Å². The number of nitrogens with zero attached hydrogens (tertiary/aromatic N) is 2. The minimum atomic E-state index is 0.327. The van der Waals surface area contributed by atoms with Crippen LogP contribution in [0.5, 0.6) is 0 Å². The lowest BCUT2D eigenvalue weighted by molar-refractivity contribution is 0.576. The van der Waals surface area contributed by atoms with E-state index in [0.29, 0.717) is 11.9 Å². The van der Waals surface area contributed by atoms with Crippen LogP contribution in [0.1, 0.15) is 40.8 Å². The Morgan fingerprint density at radius 3 is 2.34 bits per heavy atom. The van der Waals surface area contributed by atoms with Crippen molar-refractivity contribution in [3.05, 3.63) is 113 Å². The Bertz CT molecular complexity index is 1440. The minimum Gasteiger partial charge on any atom is -0.382 e. The molecule has 0 saturated carbocycles. The number of fused-ring (bicyclic) bond motifs is 3. The first-order valence-electron chi connectivity index (χ1n) is 12.4. The van der Waals surface area contributed by atoms with Crippen LogP contribution in [0, 0.1) is 6.92 Å². The highest BCUT2D eigenvalue weighted by molar-refractivity contribution is 6.08. The van der Waals surface area contributed by atoms with Gasteiger partial charge in [0.25, 0.3) is 0 Å². The summed E-state index contributed by atoms with van der Waals surface area (Å²) in [4.78, 5) is 9.21. The van der Waals surface area contributed by atoms with Crippen LogP contribution >= 0.6 is 0 Å². The summed E-state index contributed by atoms with van der Waals surface area (Å²) < 4.78 is 0. The first-order chi connectivity index (χ1) is 17.1. The molecule has 0 radical (unpaired) electrons. The average molecular weight is 461 g/mol. The number of hydrogen-bond acceptors (Lipinski definition) is 4. The van der Waals surface area contributed by atoms with E-state index in [2.05, 4.69) is 108 Å². The highest BCUT2D eigenvalue weighted by Gasteiger charge is 2.10. The van der Waals surface area contributed by atoms with Gasteiger partial charge < -0.3 is 11.1 Å². The van der Waals surface area contributed by atoms with Gasteiger partial charge in [-0.3, -0.25) is 4.98 Å². The van der Waals surface area contributed by atoms with Crippen molar-refractivity contribution in [1.29, 1.82) is 0 Å². The van der Waals surface area contributed by atoms with Crippen molar-refractivity contribution < 1.29 is 0 Å². The van der Waals surface area contributed by atoms with Gasteiger partial charge in [-0.05, 0) is 79.6 Å². The fourth-order valence-corrected chi connectivity index (χ4v) is 4.66. The number of pyridine rings is 2. The van der Waals surface area contributed by atoms with E-state index in [4.69, 9.17) is 5.73 Å². The Labute approximate surface area is 207 Å². The minimum absolute atomic E-state index is 0.327. The molecule has 1 unspecified atom stereocenters. The number of aromatic nitrogens is 2. The van der Waals surface area contributed by atoms with E-state index in [9.17, 15) is 0 Å². The predicted octanol–water partition coefficient (Wildman–Crippen LogP) is 6.35. The van der Waals surface area contributed by atoms with Crippen LogP contribution in [0.25, 0.3) is 21.8 Å². The largest absolute Gasteiger partial charge is 0.382 e. The normalized spacial score (nSPS) is 12.3. The smallest absolute Gasteiger partial charge is 0.150 e. The molecule has 4 heteroatoms. The topological polar surface area (TPSA) is 63.8 Å². The number of nitrogens with one attached hydrogen (secondary N) is 1. The quantitative estimate of drug-likeness (QED) is 0.265. The van der Waals surface area contributed by atoms with Crippen LogP contribution in [0.3, 0.4) is 0 Å². The first-order valence-corrected chi connectivity index (χ1v) is 12.4. The first kappa shape index (κ1) is 23.0. The maximum atomic E-state index is 6.21. The zero-order valence-corrected chi connectivity index (χ0v) is 20.5. The predicted molar refractivity (Wildman–Crippen MR) is 147 cm³/mol. The molecule has 0 aliphatic carbocycles. The molecule has 0 aliphatic heterocycles. The Morgan fingerprint density at radius 1 is 0.800 bits per heavy atom. The summed E-state index contributed by atoms with van der Waals surface area (Å²) in [5, 5.41) is 5.82. The van der Waals surface area contributed by atoms with Gasteiger partial charge in [-0.1, -0.05) is 66.7 Å². The van der Waals surface area contributed by atoms with Gasteiger partial charge in [0, 0.05) is 23.0 Å². The van der Waals surface area contributed by atoms with E-state index in [1.165, 1.54) is 27.8 Å². The zero-order valence-electron chi connectivity index (χ0n) is 20.5. The SMILES string of the molecule is Cc1ccc2c(c1)nc(N)c1ncc(CCc3ccc(C(C)NCCc4ccccc4)cc3)cc12. The number of rotatable bonds is 8. The summed E-state index contributed by atoms with van der Waals surface area (Å²) in [6.45, 7) is 5.27. The van der Waals surface area contributed by atoms with Crippen molar-refractivity contribution in [2.24, 2.45) is 0 Å². The summed E-state index contributed by atoms with van der Waals surface area (Å²) in [6, 6.07) is 28.5. The van der Waals surface area contributed by atoms with Crippen LogP contribution in [0.15, 0.2) is 85.1 Å². The average Bonchev–Trinajstić information content (AvgIpc) is 2.88. The molecule has 1 atom stereocenters. The second-order valence-electron chi connectivity index (χ2n) is 9.41. The summed E-state index contributed by atoms with van der Waals surface area (Å²) in [6.07, 6.45) is 4.89. The number of benzene rings is 3. The lowest BCUT2D eigenvalue weighted by Gasteiger charge is -2.15. The molecule has 0 amide bonds. The van der Waals surface area contributed by atoms with Gasteiger partial charge in [-0.25, -0.2) is 4.98 Å². The van der Waals surface area contributed by atoms with Crippen molar-refractivity contribution in [2.45, 2.75) is 39.2 Å². The molecule has 0 bridgehead atoms. The van der Waals surface area contributed by atoms with Crippen molar-refractivity contribution in [2.75, 3.05) is 12.3 Å². The van der Waals surface area contributed by atoms with Gasteiger partial charge in [0.15, 0.2) is 5.82 Å². The lowest BCUT2D eigenvalue weighted by Crippen LogP contribution is -2.21. The molecule has 5 rings (SSSR count). The molecule has 0 fully saturated rings. The number of anilines is 1. The molecule has 0 spiro atoms. The van der Waals surface area contributed by atoms with Gasteiger partial charge in [0.05, 0.1) is 5.52 Å². The second kappa shape index (κ2) is 10.2. The molecular weight excluding hydrogens is 428 g/mol. The van der Waals surface area contributed by atoms with E-state index >= 15 is 0 Å². The van der Waals surface area contributed by atoms with Crippen molar-refractivity contribution >= 4 is 27.6 Å². The third kappa shape index (κ3) is 5.33. The molecule has 2 heterocycles. The van der Waals surface area contributed by atoms with Crippen LogP contribution < -0.4 is 11.1 Å². The maximum absolute atomic E-state index is 6.21. The third-order valence-electron chi connectivity index (χ3n) is 6.76. The molecule has 3 N–H and O–H groups in total. The second-order valence-corrected chi connectivity index (χ2v) is 9.41. The van der Waals surface area contributed by atoms with E-state index in [0.717, 1.165) is 47.6 Å². The highest BCUT2D eigenvalue weighted by Crippen LogP contribution is 2.28. The number of hydrogen-bond donors (Lipinski definition) is 2. The summed E-state index contributed by atoms with van der Waals surface area (Å²) >= 11 is 0. The van der Waals surface area contributed by atoms with Gasteiger partial charge in [0.2, 0.25) is 0 Å². The number of nitrogens with two attached hydrogens (primary N) is 1. The summed E-state index contributed by atoms with van der Waals surface area (Å²) in [5.74, 6) is 0.492. The van der Waals surface area contributed by atoms with Crippen molar-refractivity contribution in [3.8, 4) is 0 Å². The van der Waals surface area contributed by atoms with Gasteiger partial charge in [0.1, 0.15) is 5.52 Å². The molecule has 2 aromatic heterocycles. The van der Waals surface area contributed by atoms with Crippen LogP contribution in [-0.4, -0.2) is 16.5 Å². The fourth-order valence-electron chi connectivity index (χ4n) is 4.66. The van der Waals surface area contributed by atoms with Crippen molar-refractivity contribution in [3.63, 3.8) is 0 Å². The van der Waals surface area contributed by atoms with E-state index in [-0.39, 0.29) is 0 Å². The Balaban J connectivity index is 1.23. The summed E-state index contributed by atoms with van der Waals surface area (Å²) in [7, 11) is 0. The molecule has 0 aliphatic rings. The number of aryl methyl sites for hydroxylation is 3. The molecular formula is C31H32N4. The van der Waals surface area contributed by atoms with Gasteiger partial charge in [-0.15, -0.1) is 0 Å². The van der Waals surface area contributed by atoms with E-state index in [1.54, 1.807) is 0 Å². The Hall–Kier alpha value is -3.76. The van der Waals surface area contributed by atoms with Crippen LogP contribution in [-0.2, 0) is 19.3 Å². The van der Waals surface area contributed by atoms with Crippen LogP contribution in [0.4, 0.5) is 5.82 Å². The van der Waals surface area contributed by atoms with E-state index < -0.39 is 0 Å². The third-order valence-corrected chi connectivity index (χ3v) is 6.76. The fraction of sp³-hybridized carbons (Fsp3) is 0.226. The molecule has 176 valence electrons. The molecule has 5 aromatic rings. The number of nitrogen functional groups attached to an aromatic ring is 1. The van der Waals surface area contributed by atoms with Crippen molar-refractivity contribution in [1.82, 2.24) is 15.3 Å². The van der Waals surface area contributed by atoms with Crippen LogP contribution in [0.2, 0.25) is 0 Å². The van der Waals surface area contributed by atoms with Gasteiger partial charge >= 0.3 is 0 Å². The molecule has 35 heavy (non-hydrogen) atoms. The lowest BCUT2D eigenvalue weighted by atomic mass is 10.00. The zero-order chi connectivity index (χ0) is 24.2.